The third-order valence-corrected chi connectivity index (χ3v) is 3.62. The summed E-state index contributed by atoms with van der Waals surface area (Å²) in [5, 5.41) is 11.6. The molecule has 1 N–H and O–H groups in total. The maximum Gasteiger partial charge on any atom is 0.417 e. The molecule has 1 aromatic heterocycles. The van der Waals surface area contributed by atoms with Crippen LogP contribution in [0.15, 0.2) is 34.9 Å². The van der Waals surface area contributed by atoms with E-state index < -0.39 is 11.7 Å². The van der Waals surface area contributed by atoms with E-state index in [2.05, 4.69) is 26.2 Å². The van der Waals surface area contributed by atoms with Gasteiger partial charge in [0.2, 0.25) is 0 Å². The van der Waals surface area contributed by atoms with E-state index in [0.717, 1.165) is 6.07 Å². The van der Waals surface area contributed by atoms with Crippen molar-refractivity contribution in [1.29, 1.82) is 5.26 Å². The quantitative estimate of drug-likeness (QED) is 0.790. The second-order valence-electron chi connectivity index (χ2n) is 3.95. The van der Waals surface area contributed by atoms with Gasteiger partial charge in [0.15, 0.2) is 5.82 Å². The number of alkyl halides is 3. The molecule has 108 valence electrons. The molecular formula is C13H6BrClF3N3. The van der Waals surface area contributed by atoms with Crippen LogP contribution in [0.5, 0.6) is 0 Å². The number of anilines is 2. The fraction of sp³-hybridized carbons (Fsp3) is 0.0769. The maximum absolute atomic E-state index is 12.8. The number of halogens is 5. The van der Waals surface area contributed by atoms with E-state index in [4.69, 9.17) is 16.9 Å². The highest BCUT2D eigenvalue weighted by atomic mass is 79.9. The van der Waals surface area contributed by atoms with Crippen molar-refractivity contribution in [3.8, 4) is 6.07 Å². The molecular weight excluding hydrogens is 371 g/mol. The van der Waals surface area contributed by atoms with Crippen molar-refractivity contribution in [3.63, 3.8) is 0 Å². The lowest BCUT2D eigenvalue weighted by molar-refractivity contribution is -0.138. The Balaban J connectivity index is 2.40. The van der Waals surface area contributed by atoms with Crippen molar-refractivity contribution in [2.75, 3.05) is 5.32 Å². The molecule has 21 heavy (non-hydrogen) atoms. The first-order valence-electron chi connectivity index (χ1n) is 5.51. The van der Waals surface area contributed by atoms with E-state index in [1.54, 1.807) is 0 Å². The zero-order valence-corrected chi connectivity index (χ0v) is 12.5. The van der Waals surface area contributed by atoms with Gasteiger partial charge in [0, 0.05) is 16.4 Å². The number of hydrogen-bond donors (Lipinski definition) is 1. The topological polar surface area (TPSA) is 48.7 Å². The van der Waals surface area contributed by atoms with Crippen LogP contribution in [0.4, 0.5) is 24.7 Å². The summed E-state index contributed by atoms with van der Waals surface area (Å²) in [5.74, 6) is 0.117. The molecule has 0 bridgehead atoms. The molecule has 0 aliphatic rings. The molecule has 0 saturated heterocycles. The van der Waals surface area contributed by atoms with Crippen LogP contribution < -0.4 is 5.32 Å². The summed E-state index contributed by atoms with van der Waals surface area (Å²) in [7, 11) is 0. The van der Waals surface area contributed by atoms with E-state index in [0.29, 0.717) is 0 Å². The molecule has 3 nitrogen and oxygen atoms in total. The Morgan fingerprint density at radius 3 is 2.62 bits per heavy atom. The third kappa shape index (κ3) is 3.46. The van der Waals surface area contributed by atoms with Crippen molar-refractivity contribution in [3.05, 3.63) is 51.1 Å². The maximum atomic E-state index is 12.8. The molecule has 0 atom stereocenters. The molecule has 0 radical (unpaired) electrons. The van der Waals surface area contributed by atoms with Crippen molar-refractivity contribution < 1.29 is 13.2 Å². The van der Waals surface area contributed by atoms with Gasteiger partial charge >= 0.3 is 6.18 Å². The Kier molecular flexibility index (Phi) is 4.40. The first-order chi connectivity index (χ1) is 9.82. The Morgan fingerprint density at radius 1 is 1.29 bits per heavy atom. The molecule has 2 rings (SSSR count). The van der Waals surface area contributed by atoms with Crippen LogP contribution in [-0.4, -0.2) is 4.98 Å². The summed E-state index contributed by atoms with van der Waals surface area (Å²) in [6, 6.07) is 6.92. The lowest BCUT2D eigenvalue weighted by Gasteiger charge is -2.13. The number of nitriles is 1. The van der Waals surface area contributed by atoms with Gasteiger partial charge in [0.1, 0.15) is 11.1 Å². The van der Waals surface area contributed by atoms with Crippen LogP contribution >= 0.6 is 27.5 Å². The van der Waals surface area contributed by atoms with Gasteiger partial charge in [-0.1, -0.05) is 27.5 Å². The summed E-state index contributed by atoms with van der Waals surface area (Å²) in [6.07, 6.45) is -3.14. The minimum Gasteiger partial charge on any atom is -0.339 e. The fourth-order valence-electron chi connectivity index (χ4n) is 1.57. The second-order valence-corrected chi connectivity index (χ2v) is 5.18. The fourth-order valence-corrected chi connectivity index (χ4v) is 2.25. The standard InChI is InChI=1S/C13H6BrClF3N3/c14-10-2-1-8(5-9(10)13(16,17)18)21-12-11(15)7(6-19)3-4-20-12/h1-5H,(H,20,21). The Hall–Kier alpha value is -1.78. The van der Waals surface area contributed by atoms with Crippen molar-refractivity contribution in [2.45, 2.75) is 6.18 Å². The van der Waals surface area contributed by atoms with E-state index in [1.165, 1.54) is 24.4 Å². The monoisotopic (exact) mass is 375 g/mol. The number of hydrogen-bond acceptors (Lipinski definition) is 3. The first kappa shape index (κ1) is 15.6. The molecule has 0 amide bonds. The highest BCUT2D eigenvalue weighted by Crippen LogP contribution is 2.37. The molecule has 0 saturated carbocycles. The SMILES string of the molecule is N#Cc1ccnc(Nc2ccc(Br)c(C(F)(F)F)c2)c1Cl. The average Bonchev–Trinajstić information content (AvgIpc) is 2.42. The Morgan fingerprint density at radius 2 is 2.00 bits per heavy atom. The van der Waals surface area contributed by atoms with Crippen LogP contribution in [0, 0.1) is 11.3 Å². The van der Waals surface area contributed by atoms with Gasteiger partial charge in [-0.2, -0.15) is 18.4 Å². The molecule has 2 aromatic rings. The number of rotatable bonds is 2. The van der Waals surface area contributed by atoms with Crippen molar-refractivity contribution in [2.24, 2.45) is 0 Å². The summed E-state index contributed by atoms with van der Waals surface area (Å²) >= 11 is 8.80. The predicted molar refractivity (Wildman–Crippen MR) is 76.4 cm³/mol. The highest BCUT2D eigenvalue weighted by Gasteiger charge is 2.33. The van der Waals surface area contributed by atoms with Crippen LogP contribution in [0.1, 0.15) is 11.1 Å². The van der Waals surface area contributed by atoms with Gasteiger partial charge in [-0.15, -0.1) is 0 Å². The lowest BCUT2D eigenvalue weighted by atomic mass is 10.2. The van der Waals surface area contributed by atoms with Crippen LogP contribution in [-0.2, 0) is 6.18 Å². The van der Waals surface area contributed by atoms with Crippen molar-refractivity contribution >= 4 is 39.0 Å². The van der Waals surface area contributed by atoms with Gasteiger partial charge < -0.3 is 5.32 Å². The molecule has 0 fully saturated rings. The van der Waals surface area contributed by atoms with E-state index in [-0.39, 0.29) is 26.6 Å². The van der Waals surface area contributed by atoms with E-state index >= 15 is 0 Å². The summed E-state index contributed by atoms with van der Waals surface area (Å²) in [4.78, 5) is 3.91. The second kappa shape index (κ2) is 5.92. The molecule has 0 aliphatic carbocycles. The summed E-state index contributed by atoms with van der Waals surface area (Å²) in [6.45, 7) is 0. The normalized spacial score (nSPS) is 11.0. The highest BCUT2D eigenvalue weighted by molar-refractivity contribution is 9.10. The Labute approximate surface area is 131 Å². The Bertz CT molecular complexity index is 726. The summed E-state index contributed by atoms with van der Waals surface area (Å²) < 4.78 is 38.4. The zero-order chi connectivity index (χ0) is 15.6. The summed E-state index contributed by atoms with van der Waals surface area (Å²) in [5.41, 5.74) is -0.475. The average molecular weight is 377 g/mol. The van der Waals surface area contributed by atoms with Gasteiger partial charge in [0.05, 0.1) is 11.1 Å². The van der Waals surface area contributed by atoms with Gasteiger partial charge in [-0.05, 0) is 24.3 Å². The van der Waals surface area contributed by atoms with Gasteiger partial charge in [-0.25, -0.2) is 4.98 Å². The molecule has 1 aromatic carbocycles. The van der Waals surface area contributed by atoms with Gasteiger partial charge in [-0.3, -0.25) is 0 Å². The number of pyridine rings is 1. The third-order valence-electron chi connectivity index (χ3n) is 2.54. The molecule has 0 spiro atoms. The number of aromatic nitrogens is 1. The van der Waals surface area contributed by atoms with Crippen molar-refractivity contribution in [1.82, 2.24) is 4.98 Å². The number of nitrogens with zero attached hydrogens (tertiary/aromatic N) is 2. The first-order valence-corrected chi connectivity index (χ1v) is 6.68. The predicted octanol–water partition coefficient (Wildman–Crippen LogP) is 5.13. The van der Waals surface area contributed by atoms with E-state index in [1.807, 2.05) is 6.07 Å². The molecule has 0 aliphatic heterocycles. The molecule has 8 heteroatoms. The van der Waals surface area contributed by atoms with E-state index in [9.17, 15) is 13.2 Å². The largest absolute Gasteiger partial charge is 0.417 e. The van der Waals surface area contributed by atoms with Gasteiger partial charge in [0.25, 0.3) is 0 Å². The smallest absolute Gasteiger partial charge is 0.339 e. The number of nitrogens with one attached hydrogen (secondary N) is 1. The lowest BCUT2D eigenvalue weighted by Crippen LogP contribution is -2.07. The molecule has 0 unspecified atom stereocenters. The number of benzene rings is 1. The minimum atomic E-state index is -4.48. The van der Waals surface area contributed by atoms with Crippen LogP contribution in [0.2, 0.25) is 5.02 Å². The molecule has 1 heterocycles. The van der Waals surface area contributed by atoms with Crippen LogP contribution in [0.25, 0.3) is 0 Å². The zero-order valence-electron chi connectivity index (χ0n) is 10.2. The van der Waals surface area contributed by atoms with Crippen LogP contribution in [0.3, 0.4) is 0 Å². The minimum absolute atomic E-state index is 0.0523.